The van der Waals surface area contributed by atoms with Crippen LogP contribution in [0.3, 0.4) is 0 Å². The number of nitrogens with two attached hydrogens (primary N) is 1. The molecule has 3 nitrogen and oxygen atoms in total. The van der Waals surface area contributed by atoms with Crippen LogP contribution in [0.4, 0.5) is 0 Å². The van der Waals surface area contributed by atoms with Gasteiger partial charge in [0.05, 0.1) is 6.61 Å². The molecule has 0 aromatic carbocycles. The normalized spacial score (nSPS) is 30.5. The van der Waals surface area contributed by atoms with Crippen molar-refractivity contribution < 1.29 is 5.11 Å². The summed E-state index contributed by atoms with van der Waals surface area (Å²) in [4.78, 5) is 2.51. The summed E-state index contributed by atoms with van der Waals surface area (Å²) < 4.78 is 0. The third kappa shape index (κ3) is 1.63. The first-order valence-corrected chi connectivity index (χ1v) is 4.87. The Morgan fingerprint density at radius 1 is 1.33 bits per heavy atom. The van der Waals surface area contributed by atoms with Crippen LogP contribution < -0.4 is 5.73 Å². The summed E-state index contributed by atoms with van der Waals surface area (Å²) in [6, 6.07) is 0.855. The zero-order chi connectivity index (χ0) is 8.60. The Morgan fingerprint density at radius 3 is 2.33 bits per heavy atom. The van der Waals surface area contributed by atoms with Gasteiger partial charge in [-0.25, -0.2) is 0 Å². The monoisotopic (exact) mass is 170 g/mol. The first-order chi connectivity index (χ1) is 5.73. The van der Waals surface area contributed by atoms with Crippen molar-refractivity contribution in [1.29, 1.82) is 0 Å². The Balaban J connectivity index is 1.83. The van der Waals surface area contributed by atoms with E-state index in [1.54, 1.807) is 0 Å². The summed E-state index contributed by atoms with van der Waals surface area (Å²) >= 11 is 0. The van der Waals surface area contributed by atoms with E-state index in [1.807, 2.05) is 0 Å². The minimum Gasteiger partial charge on any atom is -0.394 e. The van der Waals surface area contributed by atoms with E-state index in [1.165, 1.54) is 12.8 Å². The number of hydrogen-bond donors (Lipinski definition) is 2. The lowest BCUT2D eigenvalue weighted by atomic mass is 9.89. The number of hydrogen-bond acceptors (Lipinski definition) is 3. The predicted molar refractivity (Wildman–Crippen MR) is 47.8 cm³/mol. The minimum absolute atomic E-state index is 0.144. The van der Waals surface area contributed by atoms with E-state index in [9.17, 15) is 0 Å². The fraction of sp³-hybridized carbons (Fsp3) is 1.00. The van der Waals surface area contributed by atoms with Crippen molar-refractivity contribution in [2.75, 3.05) is 19.7 Å². The smallest absolute Gasteiger partial charge is 0.0612 e. The lowest BCUT2D eigenvalue weighted by molar-refractivity contribution is 0.102. The van der Waals surface area contributed by atoms with Crippen LogP contribution in [0.1, 0.15) is 25.7 Å². The topological polar surface area (TPSA) is 49.5 Å². The van der Waals surface area contributed by atoms with Gasteiger partial charge in [-0.05, 0) is 25.7 Å². The Hall–Kier alpha value is -0.120. The number of rotatable bonds is 2. The lowest BCUT2D eigenvalue weighted by Crippen LogP contribution is -2.53. The average molecular weight is 170 g/mol. The van der Waals surface area contributed by atoms with E-state index >= 15 is 0 Å². The highest BCUT2D eigenvalue weighted by atomic mass is 16.3. The molecule has 1 aliphatic carbocycles. The van der Waals surface area contributed by atoms with Crippen LogP contribution in [-0.2, 0) is 0 Å². The van der Waals surface area contributed by atoms with Crippen molar-refractivity contribution in [3.63, 3.8) is 0 Å². The quantitative estimate of drug-likeness (QED) is 0.610. The molecule has 0 spiro atoms. The molecule has 1 saturated carbocycles. The molecule has 12 heavy (non-hydrogen) atoms. The zero-order valence-electron chi connectivity index (χ0n) is 7.50. The van der Waals surface area contributed by atoms with Gasteiger partial charge in [-0.1, -0.05) is 0 Å². The number of aliphatic hydroxyl groups excluding tert-OH is 1. The number of likely N-dealkylation sites (tertiary alicyclic amines) is 1. The summed E-state index contributed by atoms with van der Waals surface area (Å²) in [6.07, 6.45) is 4.66. The predicted octanol–water partition coefficient (Wildman–Crippen LogP) is -0.0656. The van der Waals surface area contributed by atoms with E-state index in [4.69, 9.17) is 10.8 Å². The van der Waals surface area contributed by atoms with Gasteiger partial charge in [-0.2, -0.15) is 0 Å². The molecule has 3 heteroatoms. The van der Waals surface area contributed by atoms with Gasteiger partial charge < -0.3 is 15.7 Å². The third-order valence-electron chi connectivity index (χ3n) is 3.17. The number of piperidine rings is 1. The summed E-state index contributed by atoms with van der Waals surface area (Å²) in [7, 11) is 0. The molecule has 70 valence electrons. The zero-order valence-corrected chi connectivity index (χ0v) is 7.50. The highest BCUT2D eigenvalue weighted by Crippen LogP contribution is 2.31. The molecule has 2 rings (SSSR count). The Kier molecular flexibility index (Phi) is 2.10. The molecule has 1 heterocycles. The minimum atomic E-state index is -0.272. The van der Waals surface area contributed by atoms with E-state index in [2.05, 4.69) is 4.90 Å². The molecule has 0 radical (unpaired) electrons. The second kappa shape index (κ2) is 2.98. The van der Waals surface area contributed by atoms with E-state index < -0.39 is 0 Å². The van der Waals surface area contributed by atoms with Crippen LogP contribution >= 0.6 is 0 Å². The maximum absolute atomic E-state index is 9.05. The van der Waals surface area contributed by atoms with Gasteiger partial charge in [0.15, 0.2) is 0 Å². The molecular weight excluding hydrogens is 152 g/mol. The van der Waals surface area contributed by atoms with Gasteiger partial charge in [-0.3, -0.25) is 0 Å². The van der Waals surface area contributed by atoms with Gasteiger partial charge >= 0.3 is 0 Å². The average Bonchev–Trinajstić information content (AvgIpc) is 2.89. The fourth-order valence-corrected chi connectivity index (χ4v) is 1.93. The molecule has 1 aliphatic heterocycles. The lowest BCUT2D eigenvalue weighted by Gasteiger charge is -2.38. The van der Waals surface area contributed by atoms with E-state index in [-0.39, 0.29) is 12.1 Å². The molecule has 2 aliphatic rings. The van der Waals surface area contributed by atoms with Crippen molar-refractivity contribution in [3.8, 4) is 0 Å². The van der Waals surface area contributed by atoms with Crippen LogP contribution in [0.15, 0.2) is 0 Å². The van der Waals surface area contributed by atoms with Crippen molar-refractivity contribution in [2.24, 2.45) is 5.73 Å². The maximum Gasteiger partial charge on any atom is 0.0612 e. The second-order valence-electron chi connectivity index (χ2n) is 4.29. The SMILES string of the molecule is NC1(CO)CCN(C2CC2)CC1. The summed E-state index contributed by atoms with van der Waals surface area (Å²) in [5.74, 6) is 0. The molecule has 0 amide bonds. The third-order valence-corrected chi connectivity index (χ3v) is 3.17. The molecule has 2 fully saturated rings. The van der Waals surface area contributed by atoms with Crippen molar-refractivity contribution >= 4 is 0 Å². The van der Waals surface area contributed by atoms with E-state index in [0.717, 1.165) is 32.0 Å². The summed E-state index contributed by atoms with van der Waals surface area (Å²) in [6.45, 7) is 2.31. The highest BCUT2D eigenvalue weighted by Gasteiger charge is 2.36. The molecule has 0 atom stereocenters. The first kappa shape index (κ1) is 8.48. The van der Waals surface area contributed by atoms with Gasteiger partial charge in [-0.15, -0.1) is 0 Å². The molecule has 0 aromatic heterocycles. The molecule has 0 aromatic rings. The Labute approximate surface area is 73.5 Å². The van der Waals surface area contributed by atoms with Gasteiger partial charge in [0.25, 0.3) is 0 Å². The molecule has 0 unspecified atom stereocenters. The summed E-state index contributed by atoms with van der Waals surface area (Å²) in [5.41, 5.74) is 5.69. The first-order valence-electron chi connectivity index (χ1n) is 4.87. The molecular formula is C9H18N2O. The van der Waals surface area contributed by atoms with Gasteiger partial charge in [0.2, 0.25) is 0 Å². The van der Waals surface area contributed by atoms with Crippen molar-refractivity contribution in [1.82, 2.24) is 4.90 Å². The number of aliphatic hydroxyl groups is 1. The maximum atomic E-state index is 9.05. The van der Waals surface area contributed by atoms with Crippen LogP contribution in [-0.4, -0.2) is 41.3 Å². The largest absolute Gasteiger partial charge is 0.394 e. The number of nitrogens with zero attached hydrogens (tertiary/aromatic N) is 1. The second-order valence-corrected chi connectivity index (χ2v) is 4.29. The van der Waals surface area contributed by atoms with Gasteiger partial charge in [0, 0.05) is 24.7 Å². The Bertz CT molecular complexity index is 160. The Morgan fingerprint density at radius 2 is 1.92 bits per heavy atom. The van der Waals surface area contributed by atoms with Crippen LogP contribution in [0.5, 0.6) is 0 Å². The van der Waals surface area contributed by atoms with Crippen molar-refractivity contribution in [3.05, 3.63) is 0 Å². The van der Waals surface area contributed by atoms with Gasteiger partial charge in [0.1, 0.15) is 0 Å². The summed E-state index contributed by atoms with van der Waals surface area (Å²) in [5, 5.41) is 9.05. The molecule has 0 bridgehead atoms. The fourth-order valence-electron chi connectivity index (χ4n) is 1.93. The van der Waals surface area contributed by atoms with Crippen LogP contribution in [0.25, 0.3) is 0 Å². The van der Waals surface area contributed by atoms with Crippen LogP contribution in [0, 0.1) is 0 Å². The van der Waals surface area contributed by atoms with Crippen LogP contribution in [0.2, 0.25) is 0 Å². The molecule has 3 N–H and O–H groups in total. The standard InChI is InChI=1S/C9H18N2O/c10-9(7-12)3-5-11(6-4-9)8-1-2-8/h8,12H,1-7,10H2. The van der Waals surface area contributed by atoms with Crippen molar-refractivity contribution in [2.45, 2.75) is 37.3 Å². The molecule has 1 saturated heterocycles. The van der Waals surface area contributed by atoms with E-state index in [0.29, 0.717) is 0 Å². The highest BCUT2D eigenvalue weighted by molar-refractivity contribution is 4.94.